The Morgan fingerprint density at radius 1 is 1.40 bits per heavy atom. The second-order valence-electron chi connectivity index (χ2n) is 7.48. The third kappa shape index (κ3) is 7.75. The van der Waals surface area contributed by atoms with Crippen LogP contribution in [0.3, 0.4) is 0 Å². The van der Waals surface area contributed by atoms with Crippen molar-refractivity contribution in [1.82, 2.24) is 29.4 Å². The molecular formula is C18H27F3N6O3. The molecule has 1 N–H and O–H groups in total. The lowest BCUT2D eigenvalue weighted by molar-refractivity contribution is -0.192. The third-order valence-electron chi connectivity index (χ3n) is 4.32. The van der Waals surface area contributed by atoms with E-state index < -0.39 is 12.1 Å². The highest BCUT2D eigenvalue weighted by Gasteiger charge is 2.38. The smallest absolute Gasteiger partial charge is 0.475 e. The number of aryl methyl sites for hydroxylation is 1. The van der Waals surface area contributed by atoms with Gasteiger partial charge in [0.1, 0.15) is 11.5 Å². The number of aliphatic carboxylic acids is 1. The predicted octanol–water partition coefficient (Wildman–Crippen LogP) is 1.82. The number of hydrogen-bond acceptors (Lipinski definition) is 6. The Labute approximate surface area is 172 Å². The Morgan fingerprint density at radius 3 is 2.67 bits per heavy atom. The molecule has 0 aliphatic carbocycles. The number of morpholine rings is 1. The highest BCUT2D eigenvalue weighted by Crippen LogP contribution is 2.13. The van der Waals surface area contributed by atoms with E-state index in [0.717, 1.165) is 44.3 Å². The van der Waals surface area contributed by atoms with Crippen LogP contribution < -0.4 is 0 Å². The Balaban J connectivity index is 0.000000396. The summed E-state index contributed by atoms with van der Waals surface area (Å²) in [5.41, 5.74) is 0.945. The van der Waals surface area contributed by atoms with Crippen molar-refractivity contribution in [3.8, 4) is 0 Å². The van der Waals surface area contributed by atoms with Crippen molar-refractivity contribution in [1.29, 1.82) is 0 Å². The first-order valence-electron chi connectivity index (χ1n) is 9.55. The van der Waals surface area contributed by atoms with Crippen molar-refractivity contribution in [3.05, 3.63) is 30.1 Å². The number of carboxylic acids is 1. The van der Waals surface area contributed by atoms with E-state index in [1.807, 2.05) is 24.0 Å². The molecule has 0 spiro atoms. The van der Waals surface area contributed by atoms with E-state index in [2.05, 4.69) is 38.6 Å². The molecule has 1 unspecified atom stereocenters. The minimum absolute atomic E-state index is 0.187. The highest BCUT2D eigenvalue weighted by atomic mass is 19.4. The van der Waals surface area contributed by atoms with Gasteiger partial charge in [-0.2, -0.15) is 13.2 Å². The lowest BCUT2D eigenvalue weighted by atomic mass is 10.2. The van der Waals surface area contributed by atoms with Crippen LogP contribution >= 0.6 is 0 Å². The fourth-order valence-corrected chi connectivity index (χ4v) is 3.03. The first kappa shape index (κ1) is 23.8. The third-order valence-corrected chi connectivity index (χ3v) is 4.32. The quantitative estimate of drug-likeness (QED) is 0.744. The number of ether oxygens (including phenoxy) is 1. The minimum Gasteiger partial charge on any atom is -0.475 e. The topological polar surface area (TPSA) is 98.3 Å². The maximum absolute atomic E-state index is 10.6. The van der Waals surface area contributed by atoms with E-state index in [0.29, 0.717) is 12.5 Å². The summed E-state index contributed by atoms with van der Waals surface area (Å²) >= 11 is 0. The van der Waals surface area contributed by atoms with E-state index in [-0.39, 0.29) is 6.10 Å². The van der Waals surface area contributed by atoms with Crippen LogP contribution in [0.15, 0.2) is 18.6 Å². The second kappa shape index (κ2) is 10.5. The molecule has 1 aliphatic rings. The van der Waals surface area contributed by atoms with Crippen molar-refractivity contribution in [2.75, 3.05) is 26.2 Å². The number of aromatic nitrogens is 5. The van der Waals surface area contributed by atoms with Crippen LogP contribution in [0, 0.1) is 12.8 Å². The zero-order chi connectivity index (χ0) is 22.3. The molecule has 2 aromatic heterocycles. The molecule has 2 aromatic rings. The Bertz CT molecular complexity index is 805. The molecule has 3 heterocycles. The van der Waals surface area contributed by atoms with Gasteiger partial charge in [-0.15, -0.1) is 5.10 Å². The van der Waals surface area contributed by atoms with Gasteiger partial charge < -0.3 is 14.4 Å². The van der Waals surface area contributed by atoms with E-state index in [4.69, 9.17) is 14.6 Å². The fraction of sp³-hybridized carbons (Fsp3) is 0.667. The molecule has 3 rings (SSSR count). The molecule has 0 amide bonds. The number of carboxylic acid groups (broad SMARTS) is 1. The van der Waals surface area contributed by atoms with E-state index in [1.54, 1.807) is 6.20 Å². The van der Waals surface area contributed by atoms with E-state index in [9.17, 15) is 13.2 Å². The number of nitrogens with zero attached hydrogens (tertiary/aromatic N) is 6. The monoisotopic (exact) mass is 432 g/mol. The lowest BCUT2D eigenvalue weighted by Crippen LogP contribution is -2.45. The lowest BCUT2D eigenvalue weighted by Gasteiger charge is -2.33. The van der Waals surface area contributed by atoms with Crippen LogP contribution in [0.1, 0.15) is 25.4 Å². The van der Waals surface area contributed by atoms with E-state index in [1.165, 1.54) is 0 Å². The number of carbonyl (C=O) groups is 1. The second-order valence-corrected chi connectivity index (χ2v) is 7.48. The van der Waals surface area contributed by atoms with Gasteiger partial charge in [-0.3, -0.25) is 4.90 Å². The van der Waals surface area contributed by atoms with Crippen molar-refractivity contribution < 1.29 is 27.8 Å². The van der Waals surface area contributed by atoms with Crippen molar-refractivity contribution >= 4 is 5.97 Å². The molecule has 168 valence electrons. The maximum Gasteiger partial charge on any atom is 0.490 e. The summed E-state index contributed by atoms with van der Waals surface area (Å²) in [6.07, 6.45) is 0.873. The fourth-order valence-electron chi connectivity index (χ4n) is 3.03. The molecular weight excluding hydrogens is 405 g/mol. The molecule has 0 saturated carbocycles. The Morgan fingerprint density at radius 2 is 2.10 bits per heavy atom. The standard InChI is InChI=1S/C16H26N6O.C2HF3O2/c1-13(2)8-20-6-7-23-16(11-20)12-22-10-15(18-19-22)9-21-5-4-17-14(21)3;3-2(4,5)1(6)7/h4-5,10,13,16H,6-9,11-12H2,1-3H3;(H,6,7). The van der Waals surface area contributed by atoms with Gasteiger partial charge in [-0.05, 0) is 12.8 Å². The summed E-state index contributed by atoms with van der Waals surface area (Å²) in [5, 5.41) is 15.6. The van der Waals surface area contributed by atoms with Gasteiger partial charge >= 0.3 is 12.1 Å². The molecule has 9 nitrogen and oxygen atoms in total. The summed E-state index contributed by atoms with van der Waals surface area (Å²) in [4.78, 5) is 15.6. The van der Waals surface area contributed by atoms with Gasteiger partial charge in [-0.25, -0.2) is 14.5 Å². The normalized spacial score (nSPS) is 17.6. The van der Waals surface area contributed by atoms with Crippen LogP contribution in [0.4, 0.5) is 13.2 Å². The van der Waals surface area contributed by atoms with Gasteiger partial charge in [0.2, 0.25) is 0 Å². The Hall–Kier alpha value is -2.47. The van der Waals surface area contributed by atoms with Gasteiger partial charge in [-0.1, -0.05) is 19.1 Å². The summed E-state index contributed by atoms with van der Waals surface area (Å²) in [5.74, 6) is -1.09. The highest BCUT2D eigenvalue weighted by molar-refractivity contribution is 5.73. The first-order valence-corrected chi connectivity index (χ1v) is 9.55. The minimum atomic E-state index is -5.08. The van der Waals surface area contributed by atoms with Crippen LogP contribution in [-0.2, 0) is 22.6 Å². The summed E-state index contributed by atoms with van der Waals surface area (Å²) in [6.45, 7) is 11.9. The van der Waals surface area contributed by atoms with Crippen molar-refractivity contribution in [3.63, 3.8) is 0 Å². The van der Waals surface area contributed by atoms with Gasteiger partial charge in [0, 0.05) is 32.0 Å². The van der Waals surface area contributed by atoms with Crippen LogP contribution in [-0.4, -0.2) is 79.0 Å². The number of halogens is 3. The molecule has 1 atom stereocenters. The van der Waals surface area contributed by atoms with Crippen LogP contribution in [0.5, 0.6) is 0 Å². The SMILES string of the molecule is Cc1nccn1Cc1cn(CC2CN(CC(C)C)CCO2)nn1.O=C(O)C(F)(F)F. The summed E-state index contributed by atoms with van der Waals surface area (Å²) in [7, 11) is 0. The molecule has 0 bridgehead atoms. The molecule has 1 fully saturated rings. The summed E-state index contributed by atoms with van der Waals surface area (Å²) in [6, 6.07) is 0. The number of hydrogen-bond donors (Lipinski definition) is 1. The average Bonchev–Trinajstić information content (AvgIpc) is 3.24. The Kier molecular flexibility index (Phi) is 8.35. The molecule has 0 aromatic carbocycles. The van der Waals surface area contributed by atoms with Gasteiger partial charge in [0.05, 0.1) is 32.0 Å². The number of rotatable bonds is 6. The molecule has 12 heteroatoms. The van der Waals surface area contributed by atoms with E-state index >= 15 is 0 Å². The van der Waals surface area contributed by atoms with Crippen molar-refractivity contribution in [2.45, 2.75) is 46.1 Å². The van der Waals surface area contributed by atoms with Crippen LogP contribution in [0.25, 0.3) is 0 Å². The maximum atomic E-state index is 10.6. The molecule has 0 radical (unpaired) electrons. The zero-order valence-electron chi connectivity index (χ0n) is 17.2. The molecule has 1 saturated heterocycles. The largest absolute Gasteiger partial charge is 0.490 e. The molecule has 1 aliphatic heterocycles. The van der Waals surface area contributed by atoms with Gasteiger partial charge in [0.25, 0.3) is 0 Å². The zero-order valence-corrected chi connectivity index (χ0v) is 17.2. The number of alkyl halides is 3. The average molecular weight is 432 g/mol. The predicted molar refractivity (Wildman–Crippen MR) is 101 cm³/mol. The van der Waals surface area contributed by atoms with Crippen LogP contribution in [0.2, 0.25) is 0 Å². The van der Waals surface area contributed by atoms with Gasteiger partial charge in [0.15, 0.2) is 0 Å². The first-order chi connectivity index (χ1) is 14.0. The molecule has 30 heavy (non-hydrogen) atoms. The number of imidazole rings is 1. The van der Waals surface area contributed by atoms with Crippen molar-refractivity contribution in [2.24, 2.45) is 5.92 Å². The summed E-state index contributed by atoms with van der Waals surface area (Å²) < 4.78 is 41.6.